The van der Waals surface area contributed by atoms with E-state index in [1.54, 1.807) is 0 Å². The lowest BCUT2D eigenvalue weighted by atomic mass is 9.85. The number of nitrogens with two attached hydrogens (primary N) is 1. The molecule has 0 saturated heterocycles. The minimum absolute atomic E-state index is 0.275. The predicted octanol–water partition coefficient (Wildman–Crippen LogP) is 3.59. The number of carbonyl (C=O) groups excluding carboxylic acids is 1. The van der Waals surface area contributed by atoms with Gasteiger partial charge < -0.3 is 20.2 Å². The zero-order valence-electron chi connectivity index (χ0n) is 15.4. The van der Waals surface area contributed by atoms with Crippen LogP contribution in [0.4, 0.5) is 32.0 Å². The molecule has 13 heteroatoms. The highest BCUT2D eigenvalue weighted by Crippen LogP contribution is 2.45. The second kappa shape index (κ2) is 6.92. The fourth-order valence-corrected chi connectivity index (χ4v) is 2.84. The molecule has 1 aliphatic rings. The highest BCUT2D eigenvalue weighted by molar-refractivity contribution is 6.03. The van der Waals surface area contributed by atoms with Gasteiger partial charge in [0, 0.05) is 18.2 Å². The highest BCUT2D eigenvalue weighted by Gasteiger charge is 2.56. The second-order valence-electron chi connectivity index (χ2n) is 6.57. The van der Waals surface area contributed by atoms with Crippen molar-refractivity contribution in [3.63, 3.8) is 0 Å². The van der Waals surface area contributed by atoms with Gasteiger partial charge in [0.05, 0.1) is 0 Å². The summed E-state index contributed by atoms with van der Waals surface area (Å²) in [5, 5.41) is 2.06. The number of carbonyl (C=O) groups is 1. The first kappa shape index (κ1) is 21.5. The van der Waals surface area contributed by atoms with E-state index in [0.29, 0.717) is 0 Å². The fourth-order valence-electron chi connectivity index (χ4n) is 2.84. The van der Waals surface area contributed by atoms with E-state index in [2.05, 4.69) is 24.4 Å². The first-order valence-corrected chi connectivity index (χ1v) is 8.26. The van der Waals surface area contributed by atoms with Crippen molar-refractivity contribution < 1.29 is 40.3 Å². The molecule has 0 aliphatic carbocycles. The van der Waals surface area contributed by atoms with Crippen molar-refractivity contribution >= 4 is 17.6 Å². The van der Waals surface area contributed by atoms with E-state index in [1.165, 1.54) is 0 Å². The van der Waals surface area contributed by atoms with Crippen LogP contribution in [0.25, 0.3) is 0 Å². The molecule has 2 aromatic rings. The molecule has 0 fully saturated rings. The standard InChI is InChI=1S/C17H14F6N4O3/c1-7-25-11(12(30-7)17(21,22)23)13(28)26-8-3-4-10(18)9(5-8)15(2)16(19,20)6-29-14(24)27-15/h3-5H,6H2,1-2H3,(H2,24,27)(H,26,28)/t15-/m1/s1. The van der Waals surface area contributed by atoms with E-state index in [1.807, 2.05) is 0 Å². The van der Waals surface area contributed by atoms with Crippen LogP contribution in [0.15, 0.2) is 27.6 Å². The van der Waals surface area contributed by atoms with Gasteiger partial charge in [-0.15, -0.1) is 0 Å². The quantitative estimate of drug-likeness (QED) is 0.716. The molecule has 3 rings (SSSR count). The van der Waals surface area contributed by atoms with Crippen molar-refractivity contribution in [3.8, 4) is 0 Å². The average molecular weight is 436 g/mol. The molecule has 7 nitrogen and oxygen atoms in total. The number of hydrogen-bond acceptors (Lipinski definition) is 6. The summed E-state index contributed by atoms with van der Waals surface area (Å²) in [6.45, 7) is 0.857. The minimum Gasteiger partial charge on any atom is -0.459 e. The van der Waals surface area contributed by atoms with Crippen molar-refractivity contribution in [2.24, 2.45) is 10.7 Å². The Kier molecular flexibility index (Phi) is 4.95. The summed E-state index contributed by atoms with van der Waals surface area (Å²) in [5.74, 6) is -8.14. The molecule has 2 heterocycles. The summed E-state index contributed by atoms with van der Waals surface area (Å²) in [7, 11) is 0. The number of ether oxygens (including phenoxy) is 1. The predicted molar refractivity (Wildman–Crippen MR) is 90.5 cm³/mol. The number of aromatic nitrogens is 1. The van der Waals surface area contributed by atoms with Gasteiger partial charge in [0.15, 0.2) is 23.7 Å². The molecule has 3 N–H and O–H groups in total. The molecule has 0 bridgehead atoms. The van der Waals surface area contributed by atoms with Crippen LogP contribution in [-0.2, 0) is 16.5 Å². The topological polar surface area (TPSA) is 103 Å². The van der Waals surface area contributed by atoms with Crippen molar-refractivity contribution in [3.05, 3.63) is 46.9 Å². The van der Waals surface area contributed by atoms with Crippen molar-refractivity contribution in [1.82, 2.24) is 4.98 Å². The first-order valence-electron chi connectivity index (χ1n) is 8.26. The lowest BCUT2D eigenvalue weighted by molar-refractivity contribution is -0.153. The Morgan fingerprint density at radius 1 is 1.30 bits per heavy atom. The number of hydrogen-bond donors (Lipinski definition) is 2. The zero-order valence-corrected chi connectivity index (χ0v) is 15.4. The Hall–Kier alpha value is -3.25. The minimum atomic E-state index is -4.99. The van der Waals surface area contributed by atoms with Crippen LogP contribution in [0.1, 0.15) is 34.6 Å². The van der Waals surface area contributed by atoms with Crippen LogP contribution in [0.2, 0.25) is 0 Å². The number of amides is 1. The number of anilines is 1. The second-order valence-corrected chi connectivity index (χ2v) is 6.57. The fraction of sp³-hybridized carbons (Fsp3) is 0.353. The van der Waals surface area contributed by atoms with E-state index in [9.17, 15) is 31.1 Å². The third kappa shape index (κ3) is 3.66. The molecule has 0 saturated carbocycles. The number of nitrogens with zero attached hydrogens (tertiary/aromatic N) is 2. The van der Waals surface area contributed by atoms with Crippen molar-refractivity contribution in [2.45, 2.75) is 31.5 Å². The Balaban J connectivity index is 1.99. The van der Waals surface area contributed by atoms with Gasteiger partial charge in [-0.1, -0.05) is 0 Å². The number of aliphatic imine (C=N–C) groups is 1. The number of rotatable bonds is 3. The molecule has 1 aromatic carbocycles. The molecule has 1 atom stereocenters. The molecular formula is C17H14F6N4O3. The van der Waals surface area contributed by atoms with Crippen LogP contribution >= 0.6 is 0 Å². The van der Waals surface area contributed by atoms with Crippen molar-refractivity contribution in [2.75, 3.05) is 11.9 Å². The van der Waals surface area contributed by atoms with Gasteiger partial charge in [0.25, 0.3) is 11.9 Å². The lowest BCUT2D eigenvalue weighted by Gasteiger charge is -2.37. The molecule has 1 amide bonds. The third-order valence-corrected chi connectivity index (χ3v) is 4.40. The van der Waals surface area contributed by atoms with Crippen LogP contribution in [-0.4, -0.2) is 29.4 Å². The van der Waals surface area contributed by atoms with Gasteiger partial charge in [-0.05, 0) is 25.1 Å². The molecule has 162 valence electrons. The number of aryl methyl sites for hydroxylation is 1. The summed E-state index contributed by atoms with van der Waals surface area (Å²) < 4.78 is 91.2. The van der Waals surface area contributed by atoms with E-state index in [-0.39, 0.29) is 5.69 Å². The Labute approximate surface area is 164 Å². The van der Waals surface area contributed by atoms with Crippen LogP contribution in [0.5, 0.6) is 0 Å². The summed E-state index contributed by atoms with van der Waals surface area (Å²) in [4.78, 5) is 19.2. The lowest BCUT2D eigenvalue weighted by Crippen LogP contribution is -2.51. The van der Waals surface area contributed by atoms with Crippen LogP contribution < -0.4 is 11.1 Å². The third-order valence-electron chi connectivity index (χ3n) is 4.40. The van der Waals surface area contributed by atoms with Gasteiger partial charge in [0.1, 0.15) is 5.82 Å². The van der Waals surface area contributed by atoms with Gasteiger partial charge in [-0.2, -0.15) is 22.0 Å². The first-order chi connectivity index (χ1) is 13.7. The molecule has 0 radical (unpaired) electrons. The van der Waals surface area contributed by atoms with E-state index >= 15 is 0 Å². The van der Waals surface area contributed by atoms with Crippen LogP contribution in [0.3, 0.4) is 0 Å². The monoisotopic (exact) mass is 436 g/mol. The van der Waals surface area contributed by atoms with E-state index < -0.39 is 64.9 Å². The highest BCUT2D eigenvalue weighted by atomic mass is 19.4. The molecule has 0 spiro atoms. The molecule has 1 aliphatic heterocycles. The normalized spacial score (nSPS) is 21.0. The van der Waals surface area contributed by atoms with Crippen LogP contribution in [0, 0.1) is 12.7 Å². The smallest absolute Gasteiger partial charge is 0.452 e. The number of halogens is 6. The van der Waals surface area contributed by atoms with Crippen molar-refractivity contribution in [1.29, 1.82) is 0 Å². The number of amidine groups is 1. The summed E-state index contributed by atoms with van der Waals surface area (Å²) in [5.41, 5.74) is 0.882. The Morgan fingerprint density at radius 3 is 2.60 bits per heavy atom. The molecule has 0 unspecified atom stereocenters. The van der Waals surface area contributed by atoms with Gasteiger partial charge in [0.2, 0.25) is 5.76 Å². The zero-order chi connectivity index (χ0) is 22.5. The maximum Gasteiger partial charge on any atom is 0.452 e. The van der Waals surface area contributed by atoms with Gasteiger partial charge in [-0.3, -0.25) is 4.79 Å². The SMILES string of the molecule is Cc1nc(C(=O)Nc2ccc(F)c([C@@]3(C)N=C(N)OCC3(F)F)c2)c(C(F)(F)F)o1. The Morgan fingerprint density at radius 2 is 1.97 bits per heavy atom. The van der Waals surface area contributed by atoms with Gasteiger partial charge in [-0.25, -0.2) is 14.4 Å². The summed E-state index contributed by atoms with van der Waals surface area (Å²) in [6.07, 6.45) is -4.99. The Bertz CT molecular complexity index is 1030. The number of benzene rings is 1. The molecule has 30 heavy (non-hydrogen) atoms. The number of nitrogens with one attached hydrogen (secondary N) is 1. The number of alkyl halides is 5. The maximum atomic E-state index is 14.4. The summed E-state index contributed by atoms with van der Waals surface area (Å²) >= 11 is 0. The molecule has 1 aromatic heterocycles. The largest absolute Gasteiger partial charge is 0.459 e. The average Bonchev–Trinajstić information content (AvgIpc) is 3.03. The maximum absolute atomic E-state index is 14.4. The van der Waals surface area contributed by atoms with E-state index in [4.69, 9.17) is 5.73 Å². The van der Waals surface area contributed by atoms with Gasteiger partial charge >= 0.3 is 12.1 Å². The molecular weight excluding hydrogens is 422 g/mol. The van der Waals surface area contributed by atoms with E-state index in [0.717, 1.165) is 32.0 Å². The number of oxazole rings is 1. The summed E-state index contributed by atoms with van der Waals surface area (Å²) in [6, 6.07) is 1.96.